The molecule has 1 N–H and O–H groups in total. The molecule has 0 saturated carbocycles. The minimum atomic E-state index is -0.986. The van der Waals surface area contributed by atoms with Crippen molar-refractivity contribution < 1.29 is 14.6 Å². The Labute approximate surface area is 59.4 Å². The quantitative estimate of drug-likeness (QED) is 0.360. The lowest BCUT2D eigenvalue weighted by Crippen LogP contribution is -2.12. The van der Waals surface area contributed by atoms with Crippen molar-refractivity contribution in [2.45, 2.75) is 26.1 Å². The second kappa shape index (κ2) is 4.64. The largest absolute Gasteiger partial charge is 0.428 e. The molecule has 0 saturated heterocycles. The number of aliphatic hydroxyl groups excluding tert-OH is 1. The predicted octanol–water partition coefficient (Wildman–Crippen LogP) is 1.17. The molecule has 0 heterocycles. The van der Waals surface area contributed by atoms with E-state index in [2.05, 4.69) is 17.4 Å². The Balaban J connectivity index is 3.26. The molecule has 0 aromatic heterocycles. The van der Waals surface area contributed by atoms with Crippen molar-refractivity contribution in [1.82, 2.24) is 0 Å². The molecular formula is C5H10O3S. The average Bonchev–Trinajstić information content (AvgIpc) is 1.63. The Morgan fingerprint density at radius 1 is 1.89 bits per heavy atom. The SMILES string of the molecule is CCCC(O)OC(=O)S. The molecule has 1 atom stereocenters. The molecule has 0 fully saturated rings. The van der Waals surface area contributed by atoms with Crippen molar-refractivity contribution in [2.24, 2.45) is 0 Å². The molecule has 0 amide bonds. The van der Waals surface area contributed by atoms with Crippen LogP contribution in [-0.4, -0.2) is 16.7 Å². The average molecular weight is 150 g/mol. The molecule has 0 bridgehead atoms. The fraction of sp³-hybridized carbons (Fsp3) is 0.800. The van der Waals surface area contributed by atoms with E-state index in [-0.39, 0.29) is 0 Å². The molecule has 0 radical (unpaired) electrons. The number of aliphatic hydroxyl groups is 1. The highest BCUT2D eigenvalue weighted by atomic mass is 32.1. The Morgan fingerprint density at radius 2 is 2.44 bits per heavy atom. The molecule has 0 aliphatic heterocycles. The maximum Gasteiger partial charge on any atom is 0.366 e. The van der Waals surface area contributed by atoms with Crippen molar-refractivity contribution in [3.63, 3.8) is 0 Å². The number of carbonyl (C=O) groups excluding carboxylic acids is 1. The van der Waals surface area contributed by atoms with E-state index in [0.29, 0.717) is 6.42 Å². The lowest BCUT2D eigenvalue weighted by atomic mass is 10.3. The summed E-state index contributed by atoms with van der Waals surface area (Å²) in [6, 6.07) is 0. The van der Waals surface area contributed by atoms with Crippen molar-refractivity contribution in [1.29, 1.82) is 0 Å². The zero-order valence-corrected chi connectivity index (χ0v) is 6.10. The zero-order valence-electron chi connectivity index (χ0n) is 5.20. The maximum atomic E-state index is 10.0. The Bertz CT molecular complexity index is 94.2. The van der Waals surface area contributed by atoms with E-state index in [1.807, 2.05) is 6.92 Å². The molecule has 0 aromatic carbocycles. The molecule has 0 aromatic rings. The molecule has 0 spiro atoms. The lowest BCUT2D eigenvalue weighted by molar-refractivity contribution is -0.0462. The highest BCUT2D eigenvalue weighted by Crippen LogP contribution is 1.99. The zero-order chi connectivity index (χ0) is 7.28. The van der Waals surface area contributed by atoms with Gasteiger partial charge in [-0.05, 0) is 0 Å². The van der Waals surface area contributed by atoms with Gasteiger partial charge < -0.3 is 9.84 Å². The summed E-state index contributed by atoms with van der Waals surface area (Å²) in [6.07, 6.45) is 0.258. The van der Waals surface area contributed by atoms with Gasteiger partial charge in [0.05, 0.1) is 0 Å². The van der Waals surface area contributed by atoms with E-state index in [1.54, 1.807) is 0 Å². The van der Waals surface area contributed by atoms with Gasteiger partial charge in [0.25, 0.3) is 0 Å². The summed E-state index contributed by atoms with van der Waals surface area (Å²) >= 11 is 3.31. The molecule has 1 unspecified atom stereocenters. The Morgan fingerprint density at radius 3 is 2.78 bits per heavy atom. The first-order chi connectivity index (χ1) is 4.16. The van der Waals surface area contributed by atoms with Gasteiger partial charge in [-0.2, -0.15) is 0 Å². The topological polar surface area (TPSA) is 46.5 Å². The van der Waals surface area contributed by atoms with Gasteiger partial charge in [-0.25, -0.2) is 4.79 Å². The highest BCUT2D eigenvalue weighted by Gasteiger charge is 2.04. The van der Waals surface area contributed by atoms with E-state index in [9.17, 15) is 4.79 Å². The van der Waals surface area contributed by atoms with Crippen LogP contribution in [0, 0.1) is 0 Å². The third-order valence-electron chi connectivity index (χ3n) is 0.772. The third-order valence-corrected chi connectivity index (χ3v) is 0.878. The summed E-state index contributed by atoms with van der Waals surface area (Å²) in [5, 5.41) is 7.99. The first kappa shape index (κ1) is 8.78. The molecule has 4 heteroatoms. The van der Waals surface area contributed by atoms with Crippen LogP contribution in [0.25, 0.3) is 0 Å². The first-order valence-corrected chi connectivity index (χ1v) is 3.19. The maximum absolute atomic E-state index is 10.0. The van der Waals surface area contributed by atoms with Crippen LogP contribution in [0.5, 0.6) is 0 Å². The van der Waals surface area contributed by atoms with Crippen LogP contribution in [-0.2, 0) is 4.74 Å². The fourth-order valence-corrected chi connectivity index (χ4v) is 0.544. The van der Waals surface area contributed by atoms with Crippen LogP contribution < -0.4 is 0 Å². The monoisotopic (exact) mass is 150 g/mol. The van der Waals surface area contributed by atoms with Crippen LogP contribution in [0.15, 0.2) is 0 Å². The number of hydrogen-bond acceptors (Lipinski definition) is 3. The highest BCUT2D eigenvalue weighted by molar-refractivity contribution is 7.96. The molecule has 0 aliphatic carbocycles. The van der Waals surface area contributed by atoms with Gasteiger partial charge in [0.1, 0.15) is 0 Å². The summed E-state index contributed by atoms with van der Waals surface area (Å²) in [4.78, 5) is 10.0. The summed E-state index contributed by atoms with van der Waals surface area (Å²) in [5.74, 6) is 0. The van der Waals surface area contributed by atoms with Gasteiger partial charge in [-0.3, -0.25) is 0 Å². The number of carbonyl (C=O) groups is 1. The minimum absolute atomic E-state index is 0.465. The molecule has 54 valence electrons. The standard InChI is InChI=1S/C5H10O3S/c1-2-3-4(6)8-5(7)9/h4,6H,2-3H2,1H3,(H,7,9). The Kier molecular flexibility index (Phi) is 4.53. The summed E-state index contributed by atoms with van der Waals surface area (Å²) in [7, 11) is 0. The van der Waals surface area contributed by atoms with Gasteiger partial charge >= 0.3 is 5.30 Å². The predicted molar refractivity (Wildman–Crippen MR) is 36.4 cm³/mol. The molecule has 3 nitrogen and oxygen atoms in total. The molecule has 0 rings (SSSR count). The second-order valence-electron chi connectivity index (χ2n) is 1.63. The number of ether oxygens (including phenoxy) is 1. The first-order valence-electron chi connectivity index (χ1n) is 2.74. The minimum Gasteiger partial charge on any atom is -0.428 e. The summed E-state index contributed by atoms with van der Waals surface area (Å²) < 4.78 is 4.27. The van der Waals surface area contributed by atoms with Crippen LogP contribution >= 0.6 is 12.6 Å². The van der Waals surface area contributed by atoms with E-state index in [4.69, 9.17) is 5.11 Å². The van der Waals surface area contributed by atoms with E-state index in [1.165, 1.54) is 0 Å². The van der Waals surface area contributed by atoms with E-state index in [0.717, 1.165) is 6.42 Å². The number of hydrogen-bond donors (Lipinski definition) is 2. The molecular weight excluding hydrogens is 140 g/mol. The summed E-state index contributed by atoms with van der Waals surface area (Å²) in [5.41, 5.74) is 0. The third kappa shape index (κ3) is 5.65. The molecule has 0 aliphatic rings. The molecule has 9 heavy (non-hydrogen) atoms. The lowest BCUT2D eigenvalue weighted by Gasteiger charge is -2.06. The number of thiol groups is 1. The van der Waals surface area contributed by atoms with Gasteiger partial charge in [0.2, 0.25) is 6.29 Å². The van der Waals surface area contributed by atoms with Crippen molar-refractivity contribution in [2.75, 3.05) is 0 Å². The van der Waals surface area contributed by atoms with E-state index >= 15 is 0 Å². The number of rotatable bonds is 3. The van der Waals surface area contributed by atoms with Crippen LogP contribution in [0.3, 0.4) is 0 Å². The van der Waals surface area contributed by atoms with Crippen molar-refractivity contribution in [3.05, 3.63) is 0 Å². The van der Waals surface area contributed by atoms with Crippen LogP contribution in [0.2, 0.25) is 0 Å². The fourth-order valence-electron chi connectivity index (χ4n) is 0.422. The Hall–Kier alpha value is -0.220. The van der Waals surface area contributed by atoms with Gasteiger partial charge in [-0.1, -0.05) is 26.0 Å². The van der Waals surface area contributed by atoms with E-state index < -0.39 is 11.6 Å². The smallest absolute Gasteiger partial charge is 0.366 e. The normalized spacial score (nSPS) is 12.8. The second-order valence-corrected chi connectivity index (χ2v) is 1.99. The van der Waals surface area contributed by atoms with Gasteiger partial charge in [0, 0.05) is 6.42 Å². The summed E-state index contributed by atoms with van der Waals surface area (Å²) in [6.45, 7) is 1.88. The van der Waals surface area contributed by atoms with Gasteiger partial charge in [0.15, 0.2) is 0 Å². The van der Waals surface area contributed by atoms with Crippen molar-refractivity contribution >= 4 is 17.9 Å². The van der Waals surface area contributed by atoms with Gasteiger partial charge in [-0.15, -0.1) is 0 Å². The van der Waals surface area contributed by atoms with Crippen LogP contribution in [0.1, 0.15) is 19.8 Å². The van der Waals surface area contributed by atoms with Crippen LogP contribution in [0.4, 0.5) is 4.79 Å². The van der Waals surface area contributed by atoms with Crippen molar-refractivity contribution in [3.8, 4) is 0 Å².